The molecular weight excluding hydrogens is 444 g/mol. The van der Waals surface area contributed by atoms with E-state index in [1.54, 1.807) is 35.7 Å². The predicted octanol–water partition coefficient (Wildman–Crippen LogP) is 5.06. The van der Waals surface area contributed by atoms with Crippen molar-refractivity contribution in [2.24, 2.45) is 5.73 Å². The molecule has 172 valence electrons. The summed E-state index contributed by atoms with van der Waals surface area (Å²) in [5.41, 5.74) is 10.8. The van der Waals surface area contributed by atoms with Gasteiger partial charge in [0, 0.05) is 17.3 Å². The zero-order valence-corrected chi connectivity index (χ0v) is 19.9. The van der Waals surface area contributed by atoms with Gasteiger partial charge in [0.2, 0.25) is 5.91 Å². The van der Waals surface area contributed by atoms with E-state index in [0.29, 0.717) is 17.8 Å². The standard InChI is InChI=1S/C27H26N4O2S/c1-3-24-31-25(19-8-4-6-17(2)12-19)26(34-24)20-10-11-29-23(15-20)30-22(16-32)14-18-7-5-9-21(13-18)27(28)33/h4-13,15-16,22H,3,14H2,1-2H3,(H2,28,33)(H,29,30)/t22-/m0/s1. The molecule has 0 fully saturated rings. The second-order valence-electron chi connectivity index (χ2n) is 8.09. The second kappa shape index (κ2) is 10.4. The van der Waals surface area contributed by atoms with Crippen LogP contribution in [0, 0.1) is 6.92 Å². The molecule has 0 spiro atoms. The number of nitrogens with one attached hydrogen (secondary N) is 1. The Morgan fingerprint density at radius 1 is 1.12 bits per heavy atom. The molecule has 4 aromatic rings. The summed E-state index contributed by atoms with van der Waals surface area (Å²) in [6.07, 6.45) is 3.85. The molecular formula is C27H26N4O2S. The topological polar surface area (TPSA) is 98.0 Å². The van der Waals surface area contributed by atoms with E-state index in [1.807, 2.05) is 24.3 Å². The van der Waals surface area contributed by atoms with Crippen LogP contribution in [0.25, 0.3) is 21.7 Å². The highest BCUT2D eigenvalue weighted by Gasteiger charge is 2.16. The molecule has 0 unspecified atom stereocenters. The minimum absolute atomic E-state index is 0.408. The number of carbonyl (C=O) groups is 2. The largest absolute Gasteiger partial charge is 0.366 e. The number of thiazole rings is 1. The summed E-state index contributed by atoms with van der Waals surface area (Å²) >= 11 is 1.67. The van der Waals surface area contributed by atoms with Gasteiger partial charge in [-0.05, 0) is 61.2 Å². The lowest BCUT2D eigenvalue weighted by Crippen LogP contribution is -2.24. The van der Waals surface area contributed by atoms with Crippen molar-refractivity contribution in [2.45, 2.75) is 32.7 Å². The first-order valence-electron chi connectivity index (χ1n) is 11.1. The molecule has 34 heavy (non-hydrogen) atoms. The lowest BCUT2D eigenvalue weighted by molar-refractivity contribution is -0.108. The minimum Gasteiger partial charge on any atom is -0.366 e. The van der Waals surface area contributed by atoms with Gasteiger partial charge in [-0.3, -0.25) is 4.79 Å². The van der Waals surface area contributed by atoms with Gasteiger partial charge in [0.25, 0.3) is 0 Å². The zero-order valence-electron chi connectivity index (χ0n) is 19.1. The van der Waals surface area contributed by atoms with Crippen LogP contribution in [0.2, 0.25) is 0 Å². The Morgan fingerprint density at radius 3 is 2.68 bits per heavy atom. The molecule has 0 radical (unpaired) electrons. The normalized spacial score (nSPS) is 11.7. The van der Waals surface area contributed by atoms with Crippen LogP contribution < -0.4 is 11.1 Å². The maximum absolute atomic E-state index is 11.8. The van der Waals surface area contributed by atoms with Crippen LogP contribution in [0.4, 0.5) is 5.82 Å². The zero-order chi connectivity index (χ0) is 24.1. The van der Waals surface area contributed by atoms with E-state index < -0.39 is 11.9 Å². The van der Waals surface area contributed by atoms with Gasteiger partial charge < -0.3 is 15.8 Å². The Morgan fingerprint density at radius 2 is 1.94 bits per heavy atom. The molecule has 2 aromatic heterocycles. The number of aldehydes is 1. The Balaban J connectivity index is 1.61. The molecule has 7 heteroatoms. The number of rotatable bonds is 9. The van der Waals surface area contributed by atoms with Crippen molar-refractivity contribution < 1.29 is 9.59 Å². The monoisotopic (exact) mass is 470 g/mol. The van der Waals surface area contributed by atoms with Gasteiger partial charge in [-0.1, -0.05) is 42.8 Å². The van der Waals surface area contributed by atoms with E-state index >= 15 is 0 Å². The van der Waals surface area contributed by atoms with E-state index in [2.05, 4.69) is 42.3 Å². The van der Waals surface area contributed by atoms with Gasteiger partial charge in [-0.2, -0.15) is 0 Å². The fourth-order valence-corrected chi connectivity index (χ4v) is 4.80. The Hall–Kier alpha value is -3.84. The highest BCUT2D eigenvalue weighted by atomic mass is 32.1. The average Bonchev–Trinajstić information content (AvgIpc) is 3.29. The summed E-state index contributed by atoms with van der Waals surface area (Å²) in [7, 11) is 0. The van der Waals surface area contributed by atoms with E-state index in [-0.39, 0.29) is 0 Å². The first-order valence-corrected chi connectivity index (χ1v) is 11.9. The maximum atomic E-state index is 11.8. The van der Waals surface area contributed by atoms with Crippen LogP contribution in [-0.4, -0.2) is 28.2 Å². The Bertz CT molecular complexity index is 1330. The first kappa shape index (κ1) is 23.3. The lowest BCUT2D eigenvalue weighted by atomic mass is 10.0. The molecule has 0 aliphatic rings. The molecule has 4 rings (SSSR count). The Kier molecular flexibility index (Phi) is 7.13. The molecule has 0 bridgehead atoms. The van der Waals surface area contributed by atoms with Crippen molar-refractivity contribution in [1.82, 2.24) is 9.97 Å². The molecule has 0 aliphatic heterocycles. The van der Waals surface area contributed by atoms with Crippen molar-refractivity contribution in [3.05, 3.63) is 88.6 Å². The number of amides is 1. The molecule has 0 saturated heterocycles. The third kappa shape index (κ3) is 5.38. The summed E-state index contributed by atoms with van der Waals surface area (Å²) in [6, 6.07) is 18.7. The summed E-state index contributed by atoms with van der Waals surface area (Å²) in [4.78, 5) is 33.7. The molecule has 0 aliphatic carbocycles. The van der Waals surface area contributed by atoms with E-state index in [4.69, 9.17) is 10.7 Å². The number of hydrogen-bond donors (Lipinski definition) is 2. The van der Waals surface area contributed by atoms with Crippen LogP contribution in [0.3, 0.4) is 0 Å². The number of nitrogens with two attached hydrogens (primary N) is 1. The van der Waals surface area contributed by atoms with Crippen LogP contribution in [0.15, 0.2) is 66.9 Å². The van der Waals surface area contributed by atoms with Gasteiger partial charge in [-0.15, -0.1) is 11.3 Å². The molecule has 2 aromatic carbocycles. The lowest BCUT2D eigenvalue weighted by Gasteiger charge is -2.14. The summed E-state index contributed by atoms with van der Waals surface area (Å²) in [5, 5.41) is 4.28. The van der Waals surface area contributed by atoms with Gasteiger partial charge in [0.15, 0.2) is 0 Å². The fraction of sp³-hybridized carbons (Fsp3) is 0.185. The van der Waals surface area contributed by atoms with E-state index in [9.17, 15) is 9.59 Å². The highest BCUT2D eigenvalue weighted by Crippen LogP contribution is 2.37. The summed E-state index contributed by atoms with van der Waals surface area (Å²) in [6.45, 7) is 4.17. The molecule has 2 heterocycles. The third-order valence-electron chi connectivity index (χ3n) is 5.45. The fourth-order valence-electron chi connectivity index (χ4n) is 3.78. The number of benzene rings is 2. The van der Waals surface area contributed by atoms with Gasteiger partial charge >= 0.3 is 0 Å². The van der Waals surface area contributed by atoms with Crippen LogP contribution in [-0.2, 0) is 17.6 Å². The van der Waals surface area contributed by atoms with Crippen molar-refractivity contribution in [1.29, 1.82) is 0 Å². The van der Waals surface area contributed by atoms with Crippen molar-refractivity contribution in [3.8, 4) is 21.7 Å². The minimum atomic E-state index is -0.505. The number of pyridine rings is 1. The molecule has 3 N–H and O–H groups in total. The molecule has 0 saturated carbocycles. The molecule has 6 nitrogen and oxygen atoms in total. The van der Waals surface area contributed by atoms with Crippen molar-refractivity contribution >= 4 is 29.3 Å². The second-order valence-corrected chi connectivity index (χ2v) is 9.18. The SMILES string of the molecule is CCc1nc(-c2cccc(C)c2)c(-c2ccnc(N[C@H](C=O)Cc3cccc(C(N)=O)c3)c2)s1. The smallest absolute Gasteiger partial charge is 0.248 e. The van der Waals surface area contributed by atoms with Crippen LogP contribution in [0.1, 0.15) is 33.4 Å². The number of nitrogens with zero attached hydrogens (tertiary/aromatic N) is 2. The number of aryl methyl sites for hydroxylation is 2. The number of primary amides is 1. The number of hydrogen-bond acceptors (Lipinski definition) is 6. The average molecular weight is 471 g/mol. The summed E-state index contributed by atoms with van der Waals surface area (Å²) < 4.78 is 0. The number of carbonyl (C=O) groups excluding carboxylic acids is 2. The molecule has 1 amide bonds. The van der Waals surface area contributed by atoms with Crippen LogP contribution in [0.5, 0.6) is 0 Å². The van der Waals surface area contributed by atoms with Crippen molar-refractivity contribution in [2.75, 3.05) is 5.32 Å². The summed E-state index contributed by atoms with van der Waals surface area (Å²) in [5.74, 6) is 0.106. The predicted molar refractivity (Wildman–Crippen MR) is 137 cm³/mol. The number of aromatic nitrogens is 2. The van der Waals surface area contributed by atoms with E-state index in [1.165, 1.54) is 5.56 Å². The first-order chi connectivity index (χ1) is 16.5. The third-order valence-corrected chi connectivity index (χ3v) is 6.70. The van der Waals surface area contributed by atoms with Gasteiger partial charge in [0.1, 0.15) is 12.1 Å². The van der Waals surface area contributed by atoms with Gasteiger partial charge in [0.05, 0.1) is 21.6 Å². The van der Waals surface area contributed by atoms with Crippen molar-refractivity contribution in [3.63, 3.8) is 0 Å². The number of anilines is 1. The maximum Gasteiger partial charge on any atom is 0.248 e. The van der Waals surface area contributed by atoms with Gasteiger partial charge in [-0.25, -0.2) is 9.97 Å². The molecule has 1 atom stereocenters. The Labute approximate surface area is 202 Å². The highest BCUT2D eigenvalue weighted by molar-refractivity contribution is 7.15. The van der Waals surface area contributed by atoms with Crippen LogP contribution >= 0.6 is 11.3 Å². The quantitative estimate of drug-likeness (QED) is 0.333. The van der Waals surface area contributed by atoms with E-state index in [0.717, 1.165) is 45.0 Å².